The highest BCUT2D eigenvalue weighted by Crippen LogP contribution is 2.36. The second-order valence-electron chi connectivity index (χ2n) is 10.4. The summed E-state index contributed by atoms with van der Waals surface area (Å²) in [5.74, 6) is -1.77. The van der Waals surface area contributed by atoms with Gasteiger partial charge in [-0.25, -0.2) is 8.78 Å². The van der Waals surface area contributed by atoms with Gasteiger partial charge in [-0.05, 0) is 79.8 Å². The Morgan fingerprint density at radius 1 is 0.872 bits per heavy atom. The SMILES string of the molecule is CC=CCCC1CCC(c2ccc(-c3ccc(-c4ccc(OCCCCCC)c(F)c4F)cc3)c(F)c2)OC1. The minimum absolute atomic E-state index is 0.0716. The molecule has 0 aromatic heterocycles. The zero-order valence-electron chi connectivity index (χ0n) is 23.0. The van der Waals surface area contributed by atoms with Gasteiger partial charge in [0.15, 0.2) is 11.6 Å². The Kier molecular flexibility index (Phi) is 10.7. The van der Waals surface area contributed by atoms with E-state index in [1.54, 1.807) is 36.4 Å². The van der Waals surface area contributed by atoms with Crippen LogP contribution < -0.4 is 4.74 Å². The summed E-state index contributed by atoms with van der Waals surface area (Å²) in [6.07, 6.45) is 12.3. The predicted octanol–water partition coefficient (Wildman–Crippen LogP) is 10.2. The van der Waals surface area contributed by atoms with Crippen molar-refractivity contribution in [3.63, 3.8) is 0 Å². The maximum atomic E-state index is 15.1. The van der Waals surface area contributed by atoms with Crippen molar-refractivity contribution in [2.45, 2.75) is 71.3 Å². The fourth-order valence-electron chi connectivity index (χ4n) is 5.17. The van der Waals surface area contributed by atoms with Crippen LogP contribution in [0.5, 0.6) is 5.75 Å². The van der Waals surface area contributed by atoms with Crippen molar-refractivity contribution in [2.75, 3.05) is 13.2 Å². The van der Waals surface area contributed by atoms with Crippen LogP contribution in [0.25, 0.3) is 22.3 Å². The molecule has 0 N–H and O–H groups in total. The van der Waals surface area contributed by atoms with Gasteiger partial charge in [0.25, 0.3) is 0 Å². The summed E-state index contributed by atoms with van der Waals surface area (Å²) in [7, 11) is 0. The third kappa shape index (κ3) is 7.54. The summed E-state index contributed by atoms with van der Waals surface area (Å²) in [6, 6.07) is 15.1. The second-order valence-corrected chi connectivity index (χ2v) is 10.4. The van der Waals surface area contributed by atoms with E-state index in [1.165, 1.54) is 12.1 Å². The molecule has 1 heterocycles. The molecule has 208 valence electrons. The van der Waals surface area contributed by atoms with Crippen LogP contribution in [0.2, 0.25) is 0 Å². The molecule has 1 aliphatic heterocycles. The summed E-state index contributed by atoms with van der Waals surface area (Å²) in [4.78, 5) is 0. The molecule has 0 bridgehead atoms. The quantitative estimate of drug-likeness (QED) is 0.169. The Hall–Kier alpha value is -3.05. The van der Waals surface area contributed by atoms with E-state index >= 15 is 4.39 Å². The number of hydrogen-bond acceptors (Lipinski definition) is 2. The van der Waals surface area contributed by atoms with E-state index in [2.05, 4.69) is 19.1 Å². The molecular weight excluding hydrogens is 497 g/mol. The monoisotopic (exact) mass is 536 g/mol. The first-order valence-electron chi connectivity index (χ1n) is 14.3. The van der Waals surface area contributed by atoms with E-state index in [9.17, 15) is 8.78 Å². The topological polar surface area (TPSA) is 18.5 Å². The van der Waals surface area contributed by atoms with Gasteiger partial charge in [0.05, 0.1) is 19.3 Å². The molecule has 2 unspecified atom stereocenters. The summed E-state index contributed by atoms with van der Waals surface area (Å²) >= 11 is 0. The molecule has 1 saturated heterocycles. The number of allylic oxidation sites excluding steroid dienone is 2. The number of hydrogen-bond donors (Lipinski definition) is 0. The third-order valence-electron chi connectivity index (χ3n) is 7.52. The lowest BCUT2D eigenvalue weighted by Gasteiger charge is -2.29. The fourth-order valence-corrected chi connectivity index (χ4v) is 5.17. The van der Waals surface area contributed by atoms with Gasteiger partial charge in [0.2, 0.25) is 5.82 Å². The molecular formula is C34H39F3O2. The van der Waals surface area contributed by atoms with Crippen molar-refractivity contribution < 1.29 is 22.6 Å². The summed E-state index contributed by atoms with van der Waals surface area (Å²) in [6.45, 7) is 5.21. The molecule has 1 fully saturated rings. The number of benzene rings is 3. The van der Waals surface area contributed by atoms with E-state index in [-0.39, 0.29) is 23.2 Å². The van der Waals surface area contributed by atoms with Crippen LogP contribution in [-0.2, 0) is 4.74 Å². The van der Waals surface area contributed by atoms with Crippen LogP contribution >= 0.6 is 0 Å². The van der Waals surface area contributed by atoms with Gasteiger partial charge < -0.3 is 9.47 Å². The Morgan fingerprint density at radius 3 is 2.28 bits per heavy atom. The highest BCUT2D eigenvalue weighted by atomic mass is 19.2. The van der Waals surface area contributed by atoms with E-state index in [0.717, 1.165) is 56.9 Å². The number of rotatable bonds is 12. The van der Waals surface area contributed by atoms with Crippen LogP contribution in [0, 0.1) is 23.4 Å². The lowest BCUT2D eigenvalue weighted by molar-refractivity contribution is -0.0191. The van der Waals surface area contributed by atoms with Crippen LogP contribution in [0.4, 0.5) is 13.2 Å². The molecule has 4 rings (SSSR count). The maximum Gasteiger partial charge on any atom is 0.201 e. The van der Waals surface area contributed by atoms with Crippen molar-refractivity contribution >= 4 is 0 Å². The zero-order chi connectivity index (χ0) is 27.6. The number of halogens is 3. The molecule has 0 radical (unpaired) electrons. The van der Waals surface area contributed by atoms with Gasteiger partial charge in [0.1, 0.15) is 5.82 Å². The van der Waals surface area contributed by atoms with Crippen molar-refractivity contribution in [2.24, 2.45) is 5.92 Å². The molecule has 3 aromatic carbocycles. The molecule has 0 spiro atoms. The summed E-state index contributed by atoms with van der Waals surface area (Å²) in [5, 5.41) is 0. The molecule has 2 atom stereocenters. The normalized spacial score (nSPS) is 17.6. The van der Waals surface area contributed by atoms with Crippen LogP contribution in [0.15, 0.2) is 66.7 Å². The first-order valence-corrected chi connectivity index (χ1v) is 14.3. The fraction of sp³-hybridized carbons (Fsp3) is 0.412. The van der Waals surface area contributed by atoms with Crippen molar-refractivity contribution in [1.29, 1.82) is 0 Å². The summed E-state index contributed by atoms with van der Waals surface area (Å²) < 4.78 is 56.2. The summed E-state index contributed by atoms with van der Waals surface area (Å²) in [5.41, 5.74) is 2.64. The molecule has 3 aromatic rings. The Morgan fingerprint density at radius 2 is 1.62 bits per heavy atom. The molecule has 5 heteroatoms. The lowest BCUT2D eigenvalue weighted by atomic mass is 9.91. The molecule has 0 aliphatic carbocycles. The molecule has 1 aliphatic rings. The van der Waals surface area contributed by atoms with Gasteiger partial charge >= 0.3 is 0 Å². The zero-order valence-corrected chi connectivity index (χ0v) is 23.0. The molecule has 2 nitrogen and oxygen atoms in total. The average molecular weight is 537 g/mol. The van der Waals surface area contributed by atoms with Crippen molar-refractivity contribution in [3.8, 4) is 28.0 Å². The molecule has 0 saturated carbocycles. The highest BCUT2D eigenvalue weighted by Gasteiger charge is 2.23. The first kappa shape index (κ1) is 28.9. The Labute approximate surface area is 230 Å². The first-order chi connectivity index (χ1) is 19.0. The van der Waals surface area contributed by atoms with Gasteiger partial charge in [-0.3, -0.25) is 0 Å². The smallest absolute Gasteiger partial charge is 0.201 e. The number of unbranched alkanes of at least 4 members (excludes halogenated alkanes) is 3. The largest absolute Gasteiger partial charge is 0.490 e. The standard InChI is InChI=1S/C34H39F3O2/c1-3-5-7-9-21-38-32-20-18-29(33(36)34(32)37)26-14-12-25(13-15-26)28-17-16-27(22-30(28)35)31-19-11-24(23-39-31)10-8-6-4-2/h4,6,12-18,20,22,24,31H,3,5,7-11,19,21,23H2,1-2H3. The van der Waals surface area contributed by atoms with E-state index < -0.39 is 11.6 Å². The van der Waals surface area contributed by atoms with Crippen molar-refractivity contribution in [1.82, 2.24) is 0 Å². The predicted molar refractivity (Wildman–Crippen MR) is 152 cm³/mol. The van der Waals surface area contributed by atoms with Crippen LogP contribution in [0.3, 0.4) is 0 Å². The van der Waals surface area contributed by atoms with Gasteiger partial charge in [-0.1, -0.05) is 74.7 Å². The number of ether oxygens (including phenoxy) is 2. The average Bonchev–Trinajstić information content (AvgIpc) is 2.96. The van der Waals surface area contributed by atoms with Gasteiger partial charge in [0, 0.05) is 11.1 Å². The Balaban J connectivity index is 1.40. The molecule has 0 amide bonds. The maximum absolute atomic E-state index is 15.1. The van der Waals surface area contributed by atoms with Gasteiger partial charge in [-0.15, -0.1) is 0 Å². The third-order valence-corrected chi connectivity index (χ3v) is 7.52. The lowest BCUT2D eigenvalue weighted by Crippen LogP contribution is -2.20. The molecule has 39 heavy (non-hydrogen) atoms. The second kappa shape index (κ2) is 14.4. The van der Waals surface area contributed by atoms with Gasteiger partial charge in [-0.2, -0.15) is 4.39 Å². The van der Waals surface area contributed by atoms with Crippen molar-refractivity contribution in [3.05, 3.63) is 89.8 Å². The minimum Gasteiger partial charge on any atom is -0.490 e. The Bertz CT molecular complexity index is 1230. The van der Waals surface area contributed by atoms with Crippen LogP contribution in [0.1, 0.15) is 76.9 Å². The highest BCUT2D eigenvalue weighted by molar-refractivity contribution is 5.71. The van der Waals surface area contributed by atoms with E-state index in [0.29, 0.717) is 35.8 Å². The van der Waals surface area contributed by atoms with Crippen LogP contribution in [-0.4, -0.2) is 13.2 Å². The van der Waals surface area contributed by atoms with E-state index in [1.807, 2.05) is 13.0 Å². The minimum atomic E-state index is -0.984. The van der Waals surface area contributed by atoms with E-state index in [4.69, 9.17) is 9.47 Å².